The van der Waals surface area contributed by atoms with Gasteiger partial charge < -0.3 is 16.4 Å². The molecule has 0 saturated heterocycles. The third kappa shape index (κ3) is 4.18. The van der Waals surface area contributed by atoms with Gasteiger partial charge in [-0.1, -0.05) is 30.3 Å². The van der Waals surface area contributed by atoms with Gasteiger partial charge in [0.1, 0.15) is 0 Å². The van der Waals surface area contributed by atoms with Gasteiger partial charge in [-0.15, -0.1) is 0 Å². The Morgan fingerprint density at radius 1 is 1.28 bits per heavy atom. The van der Waals surface area contributed by atoms with E-state index in [2.05, 4.69) is 0 Å². The predicted octanol–water partition coefficient (Wildman–Crippen LogP) is -0.110. The average molecular weight is 249 g/mol. The van der Waals surface area contributed by atoms with Crippen LogP contribution in [0.4, 0.5) is 0 Å². The monoisotopic (exact) mass is 249 g/mol. The summed E-state index contributed by atoms with van der Waals surface area (Å²) in [5.41, 5.74) is 11.9. The molecule has 0 aliphatic carbocycles. The molecule has 98 valence electrons. The first-order valence-electron chi connectivity index (χ1n) is 5.91. The average Bonchev–Trinajstić information content (AvgIpc) is 2.36. The molecule has 0 unspecified atom stereocenters. The summed E-state index contributed by atoms with van der Waals surface area (Å²) in [6.07, 6.45) is 0.453. The van der Waals surface area contributed by atoms with Gasteiger partial charge in [0.25, 0.3) is 0 Å². The Kier molecular flexibility index (Phi) is 5.32. The van der Waals surface area contributed by atoms with Crippen molar-refractivity contribution >= 4 is 11.8 Å². The minimum atomic E-state index is -0.647. The molecule has 0 radical (unpaired) electrons. The highest BCUT2D eigenvalue weighted by Crippen LogP contribution is 2.04. The molecule has 4 N–H and O–H groups in total. The molecule has 0 aromatic heterocycles. The molecule has 2 amide bonds. The molecule has 0 fully saturated rings. The first-order chi connectivity index (χ1) is 8.54. The quantitative estimate of drug-likeness (QED) is 0.737. The summed E-state index contributed by atoms with van der Waals surface area (Å²) in [4.78, 5) is 24.2. The van der Waals surface area contributed by atoms with E-state index in [1.807, 2.05) is 30.3 Å². The Labute approximate surface area is 107 Å². The number of carbonyl (C=O) groups excluding carboxylic acids is 2. The van der Waals surface area contributed by atoms with Crippen molar-refractivity contribution in [1.82, 2.24) is 4.90 Å². The standard InChI is InChI=1S/C13H19N3O2/c1-2-16(9-12(15)17)13(18)11(14)8-10-6-4-3-5-7-10/h3-7,11H,2,8-9,14H2,1H3,(H2,15,17)/t11-/m0/s1. The van der Waals surface area contributed by atoms with E-state index in [0.29, 0.717) is 13.0 Å². The number of hydrogen-bond donors (Lipinski definition) is 2. The van der Waals surface area contributed by atoms with E-state index in [-0.39, 0.29) is 12.5 Å². The van der Waals surface area contributed by atoms with Crippen molar-refractivity contribution < 1.29 is 9.59 Å². The van der Waals surface area contributed by atoms with Gasteiger partial charge in [0, 0.05) is 6.54 Å². The number of amides is 2. The summed E-state index contributed by atoms with van der Waals surface area (Å²) in [5.74, 6) is -0.780. The van der Waals surface area contributed by atoms with Gasteiger partial charge in [-0.25, -0.2) is 0 Å². The second kappa shape index (κ2) is 6.76. The van der Waals surface area contributed by atoms with Crippen LogP contribution >= 0.6 is 0 Å². The topological polar surface area (TPSA) is 89.4 Å². The second-order valence-electron chi connectivity index (χ2n) is 4.11. The summed E-state index contributed by atoms with van der Waals surface area (Å²) in [7, 11) is 0. The molecule has 0 bridgehead atoms. The molecule has 0 aliphatic rings. The summed E-state index contributed by atoms with van der Waals surface area (Å²) in [6, 6.07) is 8.88. The number of rotatable bonds is 6. The number of nitrogens with zero attached hydrogens (tertiary/aromatic N) is 1. The number of primary amides is 1. The van der Waals surface area contributed by atoms with Gasteiger partial charge in [-0.3, -0.25) is 9.59 Å². The maximum Gasteiger partial charge on any atom is 0.240 e. The van der Waals surface area contributed by atoms with Crippen molar-refractivity contribution in [3.63, 3.8) is 0 Å². The van der Waals surface area contributed by atoms with E-state index in [1.54, 1.807) is 6.92 Å². The number of nitrogens with two attached hydrogens (primary N) is 2. The molecule has 18 heavy (non-hydrogen) atoms. The molecule has 0 saturated carbocycles. The van der Waals surface area contributed by atoms with Gasteiger partial charge >= 0.3 is 0 Å². The normalized spacial score (nSPS) is 11.9. The van der Waals surface area contributed by atoms with E-state index in [9.17, 15) is 9.59 Å². The van der Waals surface area contributed by atoms with Crippen LogP contribution in [0.15, 0.2) is 30.3 Å². The van der Waals surface area contributed by atoms with Crippen LogP contribution in [-0.2, 0) is 16.0 Å². The zero-order chi connectivity index (χ0) is 13.5. The van der Waals surface area contributed by atoms with Gasteiger partial charge in [-0.2, -0.15) is 0 Å². The zero-order valence-corrected chi connectivity index (χ0v) is 10.5. The lowest BCUT2D eigenvalue weighted by Gasteiger charge is -2.23. The molecule has 1 atom stereocenters. The van der Waals surface area contributed by atoms with E-state index in [1.165, 1.54) is 4.90 Å². The Hall–Kier alpha value is -1.88. The highest BCUT2D eigenvalue weighted by Gasteiger charge is 2.21. The van der Waals surface area contributed by atoms with Crippen LogP contribution in [0.5, 0.6) is 0 Å². The predicted molar refractivity (Wildman–Crippen MR) is 69.6 cm³/mol. The Morgan fingerprint density at radius 3 is 2.39 bits per heavy atom. The van der Waals surface area contributed by atoms with Crippen molar-refractivity contribution in [2.24, 2.45) is 11.5 Å². The number of benzene rings is 1. The van der Waals surface area contributed by atoms with Crippen LogP contribution in [0.25, 0.3) is 0 Å². The maximum atomic E-state index is 12.0. The summed E-state index contributed by atoms with van der Waals surface area (Å²) in [6.45, 7) is 2.12. The fourth-order valence-corrected chi connectivity index (χ4v) is 1.72. The highest BCUT2D eigenvalue weighted by atomic mass is 16.2. The van der Waals surface area contributed by atoms with Crippen molar-refractivity contribution in [2.75, 3.05) is 13.1 Å². The summed E-state index contributed by atoms with van der Waals surface area (Å²) >= 11 is 0. The zero-order valence-electron chi connectivity index (χ0n) is 10.5. The first kappa shape index (κ1) is 14.2. The van der Waals surface area contributed by atoms with E-state index < -0.39 is 11.9 Å². The van der Waals surface area contributed by atoms with Crippen LogP contribution in [0, 0.1) is 0 Å². The molecule has 5 heteroatoms. The van der Waals surface area contributed by atoms with Crippen LogP contribution < -0.4 is 11.5 Å². The lowest BCUT2D eigenvalue weighted by Crippen LogP contribution is -2.47. The van der Waals surface area contributed by atoms with E-state index in [0.717, 1.165) is 5.56 Å². The van der Waals surface area contributed by atoms with Crippen LogP contribution in [0.2, 0.25) is 0 Å². The lowest BCUT2D eigenvalue weighted by atomic mass is 10.1. The van der Waals surface area contributed by atoms with Crippen LogP contribution in [0.1, 0.15) is 12.5 Å². The van der Waals surface area contributed by atoms with Crippen molar-refractivity contribution in [1.29, 1.82) is 0 Å². The van der Waals surface area contributed by atoms with Crippen molar-refractivity contribution in [2.45, 2.75) is 19.4 Å². The smallest absolute Gasteiger partial charge is 0.240 e. The molecule has 1 aromatic carbocycles. The third-order valence-electron chi connectivity index (χ3n) is 2.66. The molecular formula is C13H19N3O2. The first-order valence-corrected chi connectivity index (χ1v) is 5.91. The van der Waals surface area contributed by atoms with Crippen molar-refractivity contribution in [3.8, 4) is 0 Å². The van der Waals surface area contributed by atoms with Gasteiger partial charge in [0.05, 0.1) is 12.6 Å². The molecule has 5 nitrogen and oxygen atoms in total. The Morgan fingerprint density at radius 2 is 1.89 bits per heavy atom. The molecular weight excluding hydrogens is 230 g/mol. The highest BCUT2D eigenvalue weighted by molar-refractivity contribution is 5.86. The Bertz CT molecular complexity index is 406. The van der Waals surface area contributed by atoms with Gasteiger partial charge in [0.2, 0.25) is 11.8 Å². The fraction of sp³-hybridized carbons (Fsp3) is 0.385. The number of hydrogen-bond acceptors (Lipinski definition) is 3. The van der Waals surface area contributed by atoms with Crippen LogP contribution in [0.3, 0.4) is 0 Å². The lowest BCUT2D eigenvalue weighted by molar-refractivity contribution is -0.136. The fourth-order valence-electron chi connectivity index (χ4n) is 1.72. The SMILES string of the molecule is CCN(CC(N)=O)C(=O)[C@@H](N)Cc1ccccc1. The molecule has 1 rings (SSSR count). The summed E-state index contributed by atoms with van der Waals surface area (Å²) < 4.78 is 0. The Balaban J connectivity index is 2.62. The minimum absolute atomic E-state index is 0.0855. The minimum Gasteiger partial charge on any atom is -0.368 e. The molecule has 0 heterocycles. The molecule has 0 spiro atoms. The molecule has 1 aromatic rings. The number of carbonyl (C=O) groups is 2. The van der Waals surface area contributed by atoms with E-state index in [4.69, 9.17) is 11.5 Å². The number of likely N-dealkylation sites (N-methyl/N-ethyl adjacent to an activating group) is 1. The summed E-state index contributed by atoms with van der Waals surface area (Å²) in [5, 5.41) is 0. The van der Waals surface area contributed by atoms with E-state index >= 15 is 0 Å². The second-order valence-corrected chi connectivity index (χ2v) is 4.11. The van der Waals surface area contributed by atoms with Crippen LogP contribution in [-0.4, -0.2) is 35.8 Å². The van der Waals surface area contributed by atoms with Gasteiger partial charge in [-0.05, 0) is 18.9 Å². The largest absolute Gasteiger partial charge is 0.368 e. The maximum absolute atomic E-state index is 12.0. The molecule has 0 aliphatic heterocycles. The van der Waals surface area contributed by atoms with Crippen molar-refractivity contribution in [3.05, 3.63) is 35.9 Å². The third-order valence-corrected chi connectivity index (χ3v) is 2.66. The van der Waals surface area contributed by atoms with Gasteiger partial charge in [0.15, 0.2) is 0 Å².